The molecule has 2 heterocycles. The topological polar surface area (TPSA) is 40.6 Å². The molecule has 5 rings (SSSR count). The van der Waals surface area contributed by atoms with E-state index in [2.05, 4.69) is 4.90 Å². The third-order valence-electron chi connectivity index (χ3n) is 5.33. The van der Waals surface area contributed by atoms with Crippen LogP contribution in [0, 0.1) is 0 Å². The van der Waals surface area contributed by atoms with Crippen molar-refractivity contribution in [2.24, 2.45) is 0 Å². The second-order valence-corrected chi connectivity index (χ2v) is 6.90. The molecule has 2 aliphatic rings. The molecule has 2 aliphatic heterocycles. The molecule has 2 amide bonds. The second kappa shape index (κ2) is 5.70. The third kappa shape index (κ3) is 2.22. The highest BCUT2D eigenvalue weighted by Gasteiger charge is 2.37. The van der Waals surface area contributed by atoms with Crippen molar-refractivity contribution in [2.75, 3.05) is 22.9 Å². The highest BCUT2D eigenvalue weighted by atomic mass is 16.2. The summed E-state index contributed by atoms with van der Waals surface area (Å²) in [6, 6.07) is 19.3. The van der Waals surface area contributed by atoms with Crippen molar-refractivity contribution in [2.45, 2.75) is 12.8 Å². The van der Waals surface area contributed by atoms with E-state index in [1.165, 1.54) is 17.7 Å². The van der Waals surface area contributed by atoms with E-state index in [4.69, 9.17) is 0 Å². The number of hydrogen-bond acceptors (Lipinski definition) is 3. The Hall–Kier alpha value is -3.14. The van der Waals surface area contributed by atoms with Crippen LogP contribution in [0.5, 0.6) is 0 Å². The summed E-state index contributed by atoms with van der Waals surface area (Å²) in [4.78, 5) is 29.4. The zero-order valence-electron chi connectivity index (χ0n) is 14.3. The summed E-state index contributed by atoms with van der Waals surface area (Å²) in [7, 11) is 0. The highest BCUT2D eigenvalue weighted by molar-refractivity contribution is 6.34. The van der Waals surface area contributed by atoms with Crippen LogP contribution >= 0.6 is 0 Å². The smallest absolute Gasteiger partial charge is 0.266 e. The van der Waals surface area contributed by atoms with Crippen LogP contribution in [0.3, 0.4) is 0 Å². The molecule has 0 unspecified atom stereocenters. The Morgan fingerprint density at radius 3 is 2.15 bits per heavy atom. The lowest BCUT2D eigenvalue weighted by Crippen LogP contribution is -2.29. The standard InChI is InChI=1S/C22H18N2O2/c25-21-19-10-9-17(23-11-3-4-12-23)14-20(19)22(26)24(21)18-8-7-15-5-1-2-6-16(15)13-18/h1-2,5-10,13-14H,3-4,11-12H2. The summed E-state index contributed by atoms with van der Waals surface area (Å²) in [5.41, 5.74) is 2.65. The van der Waals surface area contributed by atoms with Gasteiger partial charge < -0.3 is 4.90 Å². The molecule has 0 bridgehead atoms. The Bertz CT molecular complexity index is 1050. The summed E-state index contributed by atoms with van der Waals surface area (Å²) in [6.07, 6.45) is 2.35. The van der Waals surface area contributed by atoms with E-state index in [1.807, 2.05) is 54.6 Å². The molecular weight excluding hydrogens is 324 g/mol. The summed E-state index contributed by atoms with van der Waals surface area (Å²) < 4.78 is 0. The summed E-state index contributed by atoms with van der Waals surface area (Å²) in [6.45, 7) is 2.02. The van der Waals surface area contributed by atoms with Crippen molar-refractivity contribution in [3.05, 3.63) is 71.8 Å². The molecule has 0 aromatic heterocycles. The molecule has 0 N–H and O–H groups in total. The molecule has 1 saturated heterocycles. The average molecular weight is 342 g/mol. The van der Waals surface area contributed by atoms with Gasteiger partial charge in [0.1, 0.15) is 0 Å². The quantitative estimate of drug-likeness (QED) is 0.654. The molecule has 0 atom stereocenters. The number of anilines is 2. The molecule has 26 heavy (non-hydrogen) atoms. The second-order valence-electron chi connectivity index (χ2n) is 6.90. The Balaban J connectivity index is 1.55. The van der Waals surface area contributed by atoms with Crippen LogP contribution in [0.2, 0.25) is 0 Å². The number of carbonyl (C=O) groups excluding carboxylic acids is 2. The van der Waals surface area contributed by atoms with Crippen molar-refractivity contribution in [3.63, 3.8) is 0 Å². The average Bonchev–Trinajstić information content (AvgIpc) is 3.29. The highest BCUT2D eigenvalue weighted by Crippen LogP contribution is 2.33. The first kappa shape index (κ1) is 15.1. The van der Waals surface area contributed by atoms with Crippen molar-refractivity contribution in [1.82, 2.24) is 0 Å². The predicted octanol–water partition coefficient (Wildman–Crippen LogP) is 4.24. The van der Waals surface area contributed by atoms with Crippen LogP contribution in [0.4, 0.5) is 11.4 Å². The summed E-state index contributed by atoms with van der Waals surface area (Å²) in [5, 5.41) is 2.10. The fraction of sp³-hybridized carbons (Fsp3) is 0.182. The van der Waals surface area contributed by atoms with Crippen LogP contribution in [0.1, 0.15) is 33.6 Å². The monoisotopic (exact) mass is 342 g/mol. The van der Waals surface area contributed by atoms with Gasteiger partial charge in [0.25, 0.3) is 11.8 Å². The van der Waals surface area contributed by atoms with Crippen LogP contribution in [0.15, 0.2) is 60.7 Å². The molecular formula is C22H18N2O2. The zero-order valence-corrected chi connectivity index (χ0v) is 14.3. The van der Waals surface area contributed by atoms with E-state index >= 15 is 0 Å². The number of nitrogens with zero attached hydrogens (tertiary/aromatic N) is 2. The molecule has 128 valence electrons. The van der Waals surface area contributed by atoms with Crippen molar-refractivity contribution in [1.29, 1.82) is 0 Å². The predicted molar refractivity (Wildman–Crippen MR) is 103 cm³/mol. The van der Waals surface area contributed by atoms with Gasteiger partial charge in [0.2, 0.25) is 0 Å². The molecule has 4 heteroatoms. The van der Waals surface area contributed by atoms with Gasteiger partial charge in [0.15, 0.2) is 0 Å². The van der Waals surface area contributed by atoms with Gasteiger partial charge in [-0.05, 0) is 53.9 Å². The lowest BCUT2D eigenvalue weighted by molar-refractivity contribution is 0.0926. The lowest BCUT2D eigenvalue weighted by Gasteiger charge is -2.17. The van der Waals surface area contributed by atoms with Crippen molar-refractivity contribution in [3.8, 4) is 0 Å². The number of carbonyl (C=O) groups is 2. The third-order valence-corrected chi connectivity index (χ3v) is 5.33. The molecule has 0 saturated carbocycles. The maximum Gasteiger partial charge on any atom is 0.266 e. The minimum Gasteiger partial charge on any atom is -0.372 e. The number of hydrogen-bond donors (Lipinski definition) is 0. The van der Waals surface area contributed by atoms with Gasteiger partial charge in [-0.15, -0.1) is 0 Å². The van der Waals surface area contributed by atoms with E-state index in [-0.39, 0.29) is 11.8 Å². The van der Waals surface area contributed by atoms with Crippen LogP contribution in [-0.4, -0.2) is 24.9 Å². The number of imide groups is 1. The van der Waals surface area contributed by atoms with E-state index in [0.717, 1.165) is 29.5 Å². The molecule has 3 aromatic rings. The number of benzene rings is 3. The SMILES string of the molecule is O=C1c2ccc(N3CCCC3)cc2C(=O)N1c1ccc2ccccc2c1. The minimum atomic E-state index is -0.242. The number of fused-ring (bicyclic) bond motifs is 2. The zero-order chi connectivity index (χ0) is 17.7. The molecule has 1 fully saturated rings. The van der Waals surface area contributed by atoms with Crippen molar-refractivity contribution >= 4 is 34.0 Å². The first-order valence-corrected chi connectivity index (χ1v) is 8.99. The maximum atomic E-state index is 13.0. The lowest BCUT2D eigenvalue weighted by atomic mass is 10.1. The van der Waals surface area contributed by atoms with Gasteiger partial charge in [0, 0.05) is 18.8 Å². The molecule has 0 radical (unpaired) electrons. The van der Waals surface area contributed by atoms with Gasteiger partial charge in [-0.25, -0.2) is 4.90 Å². The van der Waals surface area contributed by atoms with E-state index in [9.17, 15) is 9.59 Å². The van der Waals surface area contributed by atoms with Crippen LogP contribution in [-0.2, 0) is 0 Å². The number of amides is 2. The van der Waals surface area contributed by atoms with Gasteiger partial charge in [-0.3, -0.25) is 9.59 Å². The molecule has 0 spiro atoms. The fourth-order valence-electron chi connectivity index (χ4n) is 3.95. The normalized spacial score (nSPS) is 16.6. The Morgan fingerprint density at radius 2 is 1.35 bits per heavy atom. The molecule has 3 aromatic carbocycles. The Morgan fingerprint density at radius 1 is 0.654 bits per heavy atom. The molecule has 4 nitrogen and oxygen atoms in total. The van der Waals surface area contributed by atoms with Crippen molar-refractivity contribution < 1.29 is 9.59 Å². The van der Waals surface area contributed by atoms with Crippen LogP contribution in [0.25, 0.3) is 10.8 Å². The fourth-order valence-corrected chi connectivity index (χ4v) is 3.95. The first-order valence-electron chi connectivity index (χ1n) is 8.99. The van der Waals surface area contributed by atoms with E-state index in [0.29, 0.717) is 16.8 Å². The van der Waals surface area contributed by atoms with E-state index in [1.54, 1.807) is 6.07 Å². The molecule has 0 aliphatic carbocycles. The Kier molecular flexibility index (Phi) is 3.32. The van der Waals surface area contributed by atoms with Gasteiger partial charge >= 0.3 is 0 Å². The van der Waals surface area contributed by atoms with Gasteiger partial charge in [-0.2, -0.15) is 0 Å². The maximum absolute atomic E-state index is 13.0. The first-order chi connectivity index (χ1) is 12.7. The van der Waals surface area contributed by atoms with E-state index < -0.39 is 0 Å². The Labute approximate surface area is 151 Å². The largest absolute Gasteiger partial charge is 0.372 e. The number of rotatable bonds is 2. The van der Waals surface area contributed by atoms with Gasteiger partial charge in [-0.1, -0.05) is 30.3 Å². The minimum absolute atomic E-state index is 0.235. The summed E-state index contributed by atoms with van der Waals surface area (Å²) >= 11 is 0. The summed E-state index contributed by atoms with van der Waals surface area (Å²) in [5.74, 6) is -0.477. The van der Waals surface area contributed by atoms with Crippen LogP contribution < -0.4 is 9.80 Å². The van der Waals surface area contributed by atoms with Gasteiger partial charge in [0.05, 0.1) is 16.8 Å².